The molecular formula is C15H15BrFNO. The topological polar surface area (TPSA) is 23.5 Å². The Labute approximate surface area is 120 Å². The van der Waals surface area contributed by atoms with Gasteiger partial charge in [-0.25, -0.2) is 4.39 Å². The number of rotatable bonds is 3. The third kappa shape index (κ3) is 3.14. The Morgan fingerprint density at radius 3 is 2.58 bits per heavy atom. The molecule has 2 nitrogen and oxygen atoms in total. The lowest BCUT2D eigenvalue weighted by molar-refractivity contribution is 0.200. The average Bonchev–Trinajstić information content (AvgIpc) is 2.37. The van der Waals surface area contributed by atoms with Crippen LogP contribution >= 0.6 is 15.9 Å². The standard InChI is InChI=1S/C15H15BrFNO/c1-10(19)14-7-6-11(16)8-15(14)18(2)13-5-3-4-12(17)9-13/h3-10,19H,1-2H3. The van der Waals surface area contributed by atoms with Gasteiger partial charge in [0, 0.05) is 28.5 Å². The fourth-order valence-electron chi connectivity index (χ4n) is 1.98. The summed E-state index contributed by atoms with van der Waals surface area (Å²) in [5.41, 5.74) is 2.38. The molecule has 0 bridgehead atoms. The van der Waals surface area contributed by atoms with E-state index in [2.05, 4.69) is 15.9 Å². The van der Waals surface area contributed by atoms with E-state index >= 15 is 0 Å². The molecule has 1 atom stereocenters. The van der Waals surface area contributed by atoms with Crippen LogP contribution in [-0.2, 0) is 0 Å². The van der Waals surface area contributed by atoms with E-state index in [0.29, 0.717) is 0 Å². The van der Waals surface area contributed by atoms with Gasteiger partial charge in [0.05, 0.1) is 6.10 Å². The van der Waals surface area contributed by atoms with Gasteiger partial charge in [0.15, 0.2) is 0 Å². The van der Waals surface area contributed by atoms with Crippen LogP contribution < -0.4 is 4.90 Å². The Bertz CT molecular complexity index is 586. The van der Waals surface area contributed by atoms with E-state index in [1.165, 1.54) is 12.1 Å². The van der Waals surface area contributed by atoms with Crippen LogP contribution in [0.5, 0.6) is 0 Å². The summed E-state index contributed by atoms with van der Waals surface area (Å²) in [5.74, 6) is -0.280. The predicted octanol–water partition coefficient (Wildman–Crippen LogP) is 4.41. The SMILES string of the molecule is CC(O)c1ccc(Br)cc1N(C)c1cccc(F)c1. The second-order valence-electron chi connectivity index (χ2n) is 4.42. The Morgan fingerprint density at radius 2 is 1.95 bits per heavy atom. The highest BCUT2D eigenvalue weighted by atomic mass is 79.9. The molecule has 2 aromatic carbocycles. The molecule has 4 heteroatoms. The first-order chi connectivity index (χ1) is 8.99. The molecule has 0 heterocycles. The number of nitrogens with zero attached hydrogens (tertiary/aromatic N) is 1. The largest absolute Gasteiger partial charge is 0.389 e. The van der Waals surface area contributed by atoms with Gasteiger partial charge in [-0.05, 0) is 37.3 Å². The Hall–Kier alpha value is -1.39. The van der Waals surface area contributed by atoms with E-state index in [1.54, 1.807) is 13.0 Å². The lowest BCUT2D eigenvalue weighted by atomic mass is 10.1. The molecule has 0 aliphatic carbocycles. The van der Waals surface area contributed by atoms with Crippen molar-refractivity contribution in [3.05, 3.63) is 58.3 Å². The molecule has 2 rings (SSSR count). The van der Waals surface area contributed by atoms with Gasteiger partial charge in [-0.3, -0.25) is 0 Å². The highest BCUT2D eigenvalue weighted by Gasteiger charge is 2.13. The van der Waals surface area contributed by atoms with Gasteiger partial charge >= 0.3 is 0 Å². The summed E-state index contributed by atoms with van der Waals surface area (Å²) in [6.07, 6.45) is -0.584. The van der Waals surface area contributed by atoms with E-state index in [1.807, 2.05) is 36.2 Å². The lowest BCUT2D eigenvalue weighted by Gasteiger charge is -2.24. The van der Waals surface area contributed by atoms with Gasteiger partial charge in [0.2, 0.25) is 0 Å². The zero-order valence-electron chi connectivity index (χ0n) is 10.8. The summed E-state index contributed by atoms with van der Waals surface area (Å²) >= 11 is 3.42. The van der Waals surface area contributed by atoms with Crippen LogP contribution in [0.1, 0.15) is 18.6 Å². The Kier molecular flexibility index (Phi) is 4.22. The fourth-order valence-corrected chi connectivity index (χ4v) is 2.33. The molecule has 0 saturated carbocycles. The van der Waals surface area contributed by atoms with Gasteiger partial charge in [-0.15, -0.1) is 0 Å². The van der Waals surface area contributed by atoms with Crippen molar-refractivity contribution in [2.75, 3.05) is 11.9 Å². The molecule has 0 saturated heterocycles. The van der Waals surface area contributed by atoms with Crippen molar-refractivity contribution >= 4 is 27.3 Å². The molecule has 100 valence electrons. The fraction of sp³-hybridized carbons (Fsp3) is 0.200. The van der Waals surface area contributed by atoms with Crippen LogP contribution in [0.3, 0.4) is 0 Å². The lowest BCUT2D eigenvalue weighted by Crippen LogP contribution is -2.13. The third-order valence-electron chi connectivity index (χ3n) is 3.00. The number of halogens is 2. The number of aliphatic hydroxyl groups excluding tert-OH is 1. The van der Waals surface area contributed by atoms with E-state index in [9.17, 15) is 9.50 Å². The molecule has 0 fully saturated rings. The highest BCUT2D eigenvalue weighted by Crippen LogP contribution is 2.33. The summed E-state index contributed by atoms with van der Waals surface area (Å²) < 4.78 is 14.2. The van der Waals surface area contributed by atoms with Crippen LogP contribution in [-0.4, -0.2) is 12.2 Å². The summed E-state index contributed by atoms with van der Waals surface area (Å²) in [6, 6.07) is 12.0. The minimum Gasteiger partial charge on any atom is -0.389 e. The number of hydrogen-bond acceptors (Lipinski definition) is 2. The van der Waals surface area contributed by atoms with E-state index in [0.717, 1.165) is 21.4 Å². The molecule has 0 radical (unpaired) electrons. The smallest absolute Gasteiger partial charge is 0.125 e. The van der Waals surface area contributed by atoms with Crippen molar-refractivity contribution in [1.29, 1.82) is 0 Å². The molecule has 2 aromatic rings. The minimum absolute atomic E-state index is 0.280. The Morgan fingerprint density at radius 1 is 1.21 bits per heavy atom. The first-order valence-electron chi connectivity index (χ1n) is 5.96. The van der Waals surface area contributed by atoms with E-state index in [-0.39, 0.29) is 5.82 Å². The van der Waals surface area contributed by atoms with Crippen molar-refractivity contribution in [1.82, 2.24) is 0 Å². The predicted molar refractivity (Wildman–Crippen MR) is 79.2 cm³/mol. The van der Waals surface area contributed by atoms with E-state index in [4.69, 9.17) is 0 Å². The summed E-state index contributed by atoms with van der Waals surface area (Å²) in [7, 11) is 1.85. The van der Waals surface area contributed by atoms with Gasteiger partial charge in [0.25, 0.3) is 0 Å². The van der Waals surface area contributed by atoms with Gasteiger partial charge in [0.1, 0.15) is 5.82 Å². The molecule has 0 aromatic heterocycles. The summed E-state index contributed by atoms with van der Waals surface area (Å²) in [4.78, 5) is 1.86. The minimum atomic E-state index is -0.584. The third-order valence-corrected chi connectivity index (χ3v) is 3.49. The Balaban J connectivity index is 2.48. The average molecular weight is 324 g/mol. The molecule has 19 heavy (non-hydrogen) atoms. The first-order valence-corrected chi connectivity index (χ1v) is 6.75. The van der Waals surface area contributed by atoms with Crippen molar-refractivity contribution in [3.63, 3.8) is 0 Å². The molecule has 1 unspecified atom stereocenters. The van der Waals surface area contributed by atoms with Gasteiger partial charge in [-0.1, -0.05) is 28.1 Å². The molecule has 1 N–H and O–H groups in total. The second kappa shape index (κ2) is 5.72. The monoisotopic (exact) mass is 323 g/mol. The highest BCUT2D eigenvalue weighted by molar-refractivity contribution is 9.10. The normalized spacial score (nSPS) is 12.3. The van der Waals surface area contributed by atoms with Gasteiger partial charge in [-0.2, -0.15) is 0 Å². The number of anilines is 2. The molecular weight excluding hydrogens is 309 g/mol. The van der Waals surface area contributed by atoms with Gasteiger partial charge < -0.3 is 10.0 Å². The zero-order chi connectivity index (χ0) is 14.0. The zero-order valence-corrected chi connectivity index (χ0v) is 12.4. The summed E-state index contributed by atoms with van der Waals surface area (Å²) in [5, 5.41) is 9.83. The van der Waals surface area contributed by atoms with Crippen LogP contribution in [0.4, 0.5) is 15.8 Å². The van der Waals surface area contributed by atoms with Crippen LogP contribution in [0.25, 0.3) is 0 Å². The van der Waals surface area contributed by atoms with E-state index < -0.39 is 6.10 Å². The maximum absolute atomic E-state index is 13.3. The molecule has 0 spiro atoms. The molecule has 0 amide bonds. The molecule has 0 aliphatic heterocycles. The first kappa shape index (κ1) is 14.0. The summed E-state index contributed by atoms with van der Waals surface area (Å²) in [6.45, 7) is 1.71. The van der Waals surface area contributed by atoms with Crippen molar-refractivity contribution < 1.29 is 9.50 Å². The van der Waals surface area contributed by atoms with Crippen molar-refractivity contribution in [2.24, 2.45) is 0 Å². The van der Waals surface area contributed by atoms with Crippen molar-refractivity contribution in [2.45, 2.75) is 13.0 Å². The number of aliphatic hydroxyl groups is 1. The maximum atomic E-state index is 13.3. The maximum Gasteiger partial charge on any atom is 0.125 e. The number of hydrogen-bond donors (Lipinski definition) is 1. The number of benzene rings is 2. The quantitative estimate of drug-likeness (QED) is 0.904. The van der Waals surface area contributed by atoms with Crippen LogP contribution in [0.2, 0.25) is 0 Å². The second-order valence-corrected chi connectivity index (χ2v) is 5.33. The van der Waals surface area contributed by atoms with Crippen LogP contribution in [0.15, 0.2) is 46.9 Å². The molecule has 0 aliphatic rings. The van der Waals surface area contributed by atoms with Crippen molar-refractivity contribution in [3.8, 4) is 0 Å². The van der Waals surface area contributed by atoms with Crippen LogP contribution in [0, 0.1) is 5.82 Å².